The van der Waals surface area contributed by atoms with Gasteiger partial charge in [0.1, 0.15) is 0 Å². The van der Waals surface area contributed by atoms with Crippen molar-refractivity contribution in [3.8, 4) is 17.6 Å². The highest BCUT2D eigenvalue weighted by Gasteiger charge is 2.25. The Morgan fingerprint density at radius 1 is 1.56 bits per heavy atom. The van der Waals surface area contributed by atoms with Crippen LogP contribution in [0.5, 0.6) is 11.5 Å². The highest BCUT2D eigenvalue weighted by Crippen LogP contribution is 2.33. The van der Waals surface area contributed by atoms with Gasteiger partial charge >= 0.3 is 0 Å². The third-order valence-corrected chi connectivity index (χ3v) is 2.92. The van der Waals surface area contributed by atoms with E-state index < -0.39 is 0 Å². The largest absolute Gasteiger partial charge is 0.504 e. The van der Waals surface area contributed by atoms with Gasteiger partial charge in [0.15, 0.2) is 11.5 Å². The summed E-state index contributed by atoms with van der Waals surface area (Å²) in [6, 6.07) is 7.73. The van der Waals surface area contributed by atoms with Crippen LogP contribution in [0, 0.1) is 17.2 Å². The molecular weight excluding hydrogens is 204 g/mol. The van der Waals surface area contributed by atoms with Crippen LogP contribution < -0.4 is 10.1 Å². The molecule has 0 saturated carbocycles. The van der Waals surface area contributed by atoms with Gasteiger partial charge < -0.3 is 15.2 Å². The van der Waals surface area contributed by atoms with Crippen LogP contribution in [0.25, 0.3) is 0 Å². The molecule has 4 heteroatoms. The second-order valence-corrected chi connectivity index (χ2v) is 3.95. The second-order valence-electron chi connectivity index (χ2n) is 3.95. The van der Waals surface area contributed by atoms with E-state index in [4.69, 9.17) is 10.00 Å². The SMILES string of the molecule is COc1cc(C2CC(C#N)CN2)ccc1O. The molecule has 1 aromatic rings. The van der Waals surface area contributed by atoms with Crippen LogP contribution in [0.1, 0.15) is 18.0 Å². The van der Waals surface area contributed by atoms with E-state index in [1.165, 1.54) is 7.11 Å². The molecule has 84 valence electrons. The van der Waals surface area contributed by atoms with Crippen molar-refractivity contribution < 1.29 is 9.84 Å². The number of nitrogens with zero attached hydrogens (tertiary/aromatic N) is 1. The fourth-order valence-corrected chi connectivity index (χ4v) is 2.00. The number of hydrogen-bond acceptors (Lipinski definition) is 4. The summed E-state index contributed by atoms with van der Waals surface area (Å²) in [6.07, 6.45) is 0.810. The first kappa shape index (κ1) is 10.8. The first-order valence-corrected chi connectivity index (χ1v) is 5.24. The van der Waals surface area contributed by atoms with Gasteiger partial charge in [0.2, 0.25) is 0 Å². The van der Waals surface area contributed by atoms with Gasteiger partial charge in [-0.1, -0.05) is 6.07 Å². The minimum absolute atomic E-state index is 0.0739. The van der Waals surface area contributed by atoms with E-state index in [9.17, 15) is 5.11 Å². The van der Waals surface area contributed by atoms with E-state index in [0.29, 0.717) is 5.75 Å². The monoisotopic (exact) mass is 218 g/mol. The molecule has 1 fully saturated rings. The summed E-state index contributed by atoms with van der Waals surface area (Å²) in [5.41, 5.74) is 1.05. The Morgan fingerprint density at radius 2 is 2.38 bits per heavy atom. The third-order valence-electron chi connectivity index (χ3n) is 2.92. The van der Waals surface area contributed by atoms with Crippen molar-refractivity contribution in [1.82, 2.24) is 5.32 Å². The van der Waals surface area contributed by atoms with Crippen LogP contribution in [0.4, 0.5) is 0 Å². The van der Waals surface area contributed by atoms with Crippen molar-refractivity contribution in [2.75, 3.05) is 13.7 Å². The molecule has 16 heavy (non-hydrogen) atoms. The average molecular weight is 218 g/mol. The zero-order valence-corrected chi connectivity index (χ0v) is 9.10. The Bertz CT molecular complexity index is 426. The van der Waals surface area contributed by atoms with E-state index in [1.807, 2.05) is 12.1 Å². The highest BCUT2D eigenvalue weighted by molar-refractivity contribution is 5.43. The van der Waals surface area contributed by atoms with E-state index in [-0.39, 0.29) is 17.7 Å². The summed E-state index contributed by atoms with van der Waals surface area (Å²) in [6.45, 7) is 0.727. The molecule has 0 aromatic heterocycles. The Balaban J connectivity index is 2.19. The van der Waals surface area contributed by atoms with Crippen molar-refractivity contribution in [3.05, 3.63) is 23.8 Å². The smallest absolute Gasteiger partial charge is 0.160 e. The molecule has 1 aliphatic rings. The lowest BCUT2D eigenvalue weighted by molar-refractivity contribution is 0.372. The van der Waals surface area contributed by atoms with E-state index in [2.05, 4.69) is 11.4 Å². The predicted molar refractivity (Wildman–Crippen MR) is 59.1 cm³/mol. The van der Waals surface area contributed by atoms with Crippen molar-refractivity contribution in [2.24, 2.45) is 5.92 Å². The molecule has 1 aromatic carbocycles. The maximum Gasteiger partial charge on any atom is 0.160 e. The van der Waals surface area contributed by atoms with Crippen LogP contribution in [-0.2, 0) is 0 Å². The van der Waals surface area contributed by atoms with Gasteiger partial charge in [-0.2, -0.15) is 5.26 Å². The molecule has 1 heterocycles. The number of benzene rings is 1. The van der Waals surface area contributed by atoms with E-state index in [0.717, 1.165) is 18.5 Å². The quantitative estimate of drug-likeness (QED) is 0.790. The molecule has 2 rings (SSSR count). The van der Waals surface area contributed by atoms with Gasteiger partial charge in [-0.15, -0.1) is 0 Å². The molecule has 2 N–H and O–H groups in total. The van der Waals surface area contributed by atoms with Crippen LogP contribution in [-0.4, -0.2) is 18.8 Å². The lowest BCUT2D eigenvalue weighted by Crippen LogP contribution is -2.13. The molecule has 0 amide bonds. The Morgan fingerprint density at radius 3 is 3.00 bits per heavy atom. The third kappa shape index (κ3) is 1.95. The molecule has 1 saturated heterocycles. The number of aromatic hydroxyl groups is 1. The molecule has 0 radical (unpaired) electrons. The summed E-state index contributed by atoms with van der Waals surface area (Å²) in [4.78, 5) is 0. The molecular formula is C12H14N2O2. The van der Waals surface area contributed by atoms with Crippen molar-refractivity contribution in [1.29, 1.82) is 5.26 Å². The van der Waals surface area contributed by atoms with Crippen LogP contribution >= 0.6 is 0 Å². The summed E-state index contributed by atoms with van der Waals surface area (Å²) >= 11 is 0. The molecule has 1 aliphatic heterocycles. The predicted octanol–water partition coefficient (Wildman–Crippen LogP) is 1.57. The maximum absolute atomic E-state index is 9.48. The standard InChI is InChI=1S/C12H14N2O2/c1-16-12-5-9(2-3-11(12)15)10-4-8(6-13)7-14-10/h2-3,5,8,10,14-15H,4,7H2,1H3. The molecule has 0 bridgehead atoms. The number of nitriles is 1. The Hall–Kier alpha value is -1.73. The van der Waals surface area contributed by atoms with Gasteiger partial charge in [-0.05, 0) is 24.1 Å². The molecule has 2 atom stereocenters. The summed E-state index contributed by atoms with van der Waals surface area (Å²) in [5, 5.41) is 21.6. The summed E-state index contributed by atoms with van der Waals surface area (Å²) < 4.78 is 5.06. The average Bonchev–Trinajstić information content (AvgIpc) is 2.78. The Labute approximate surface area is 94.5 Å². The van der Waals surface area contributed by atoms with Crippen LogP contribution in [0.15, 0.2) is 18.2 Å². The maximum atomic E-state index is 9.48. The molecule has 4 nitrogen and oxygen atoms in total. The topological polar surface area (TPSA) is 65.3 Å². The van der Waals surface area contributed by atoms with Gasteiger partial charge in [0.05, 0.1) is 19.1 Å². The lowest BCUT2D eigenvalue weighted by Gasteiger charge is -2.12. The van der Waals surface area contributed by atoms with Gasteiger partial charge in [0, 0.05) is 12.6 Å². The number of phenols is 1. The minimum Gasteiger partial charge on any atom is -0.504 e. The normalized spacial score (nSPS) is 24.0. The first-order chi connectivity index (χ1) is 7.74. The number of hydrogen-bond donors (Lipinski definition) is 2. The summed E-state index contributed by atoms with van der Waals surface area (Å²) in [5.74, 6) is 0.686. The van der Waals surface area contributed by atoms with Crippen LogP contribution in [0.3, 0.4) is 0 Å². The van der Waals surface area contributed by atoms with Gasteiger partial charge in [-0.3, -0.25) is 0 Å². The number of rotatable bonds is 2. The summed E-state index contributed by atoms with van der Waals surface area (Å²) in [7, 11) is 1.53. The second kappa shape index (κ2) is 4.42. The van der Waals surface area contributed by atoms with Gasteiger partial charge in [-0.25, -0.2) is 0 Å². The van der Waals surface area contributed by atoms with Crippen molar-refractivity contribution >= 4 is 0 Å². The van der Waals surface area contributed by atoms with Crippen LogP contribution in [0.2, 0.25) is 0 Å². The first-order valence-electron chi connectivity index (χ1n) is 5.24. The zero-order valence-electron chi connectivity index (χ0n) is 9.10. The number of phenolic OH excluding ortho intramolecular Hbond substituents is 1. The van der Waals surface area contributed by atoms with E-state index >= 15 is 0 Å². The highest BCUT2D eigenvalue weighted by atomic mass is 16.5. The van der Waals surface area contributed by atoms with Gasteiger partial charge in [0.25, 0.3) is 0 Å². The van der Waals surface area contributed by atoms with Crippen molar-refractivity contribution in [3.63, 3.8) is 0 Å². The number of nitrogens with one attached hydrogen (secondary N) is 1. The Kier molecular flexibility index (Phi) is 2.97. The van der Waals surface area contributed by atoms with E-state index in [1.54, 1.807) is 6.07 Å². The minimum atomic E-state index is 0.0739. The number of ether oxygens (including phenoxy) is 1. The zero-order chi connectivity index (χ0) is 11.5. The van der Waals surface area contributed by atoms with Crippen molar-refractivity contribution in [2.45, 2.75) is 12.5 Å². The molecule has 0 aliphatic carbocycles. The fraction of sp³-hybridized carbons (Fsp3) is 0.417. The molecule has 0 spiro atoms. The number of methoxy groups -OCH3 is 1. The lowest BCUT2D eigenvalue weighted by atomic mass is 10.0. The fourth-order valence-electron chi connectivity index (χ4n) is 2.00. The molecule has 2 unspecified atom stereocenters.